The van der Waals surface area contributed by atoms with Crippen molar-refractivity contribution < 1.29 is 94.0 Å². The molecule has 2 saturated heterocycles. The summed E-state index contributed by atoms with van der Waals surface area (Å²) in [5.41, 5.74) is 2.90. The third-order valence-electron chi connectivity index (χ3n) is 17.3. The number of carbonyl (C=O) groups is 6. The van der Waals surface area contributed by atoms with Crippen LogP contribution in [0.4, 0.5) is 0 Å². The van der Waals surface area contributed by atoms with Crippen molar-refractivity contribution in [2.45, 2.75) is 258 Å². The van der Waals surface area contributed by atoms with E-state index in [-0.39, 0.29) is 95.7 Å². The number of carbonyl (C=O) groups excluding carboxylic acids is 6. The van der Waals surface area contributed by atoms with Gasteiger partial charge in [-0.1, -0.05) is 174 Å². The van der Waals surface area contributed by atoms with Gasteiger partial charge in [-0.05, 0) is 65.1 Å². The molecule has 0 spiro atoms. The summed E-state index contributed by atoms with van der Waals surface area (Å²) in [6.07, 6.45) is -12.0. The maximum absolute atomic E-state index is 15.2. The molecule has 5 unspecified atom stereocenters. The molecule has 24 heteroatoms. The van der Waals surface area contributed by atoms with Gasteiger partial charge in [0.1, 0.15) is 48.7 Å². The predicted molar refractivity (Wildman–Crippen MR) is 343 cm³/mol. The molecule has 2 fully saturated rings. The Hall–Kier alpha value is -5.43. The molecule has 0 saturated carbocycles. The number of phosphoric ester groups is 1. The van der Waals surface area contributed by atoms with Crippen LogP contribution in [0.1, 0.15) is 163 Å². The first kappa shape index (κ1) is 75.6. The maximum Gasteiger partial charge on any atom is 0.475 e. The first-order valence-corrected chi connectivity index (χ1v) is 37.1. The molecule has 92 heavy (non-hydrogen) atoms. The number of hydrogen-bond donors (Lipinski definition) is 2. The van der Waals surface area contributed by atoms with Gasteiger partial charge < -0.3 is 57.7 Å². The van der Waals surface area contributed by atoms with Gasteiger partial charge in [0.25, 0.3) is 0 Å². The van der Waals surface area contributed by atoms with Gasteiger partial charge >= 0.3 is 31.7 Å². The SMILES string of the molecule is CCC(=O)O[C@H](CC)CC(=O)NC1[C@H](OCC2OC(O[Si](C)(C)C(C)(C)C)C(NC(=O)C[C@H](C)CC)[C@@H](OC(=O)C[C@H](C)CC)[C@H]2OCc2ccccc2)OC(COCc2ccccc2)[C@@H](OP2(=O)OCc3ccccc3CO2)[C@@H]1OC(=O)C[C@@H](CC)OC(=O)CC. The number of phosphoric acid groups is 1. The summed E-state index contributed by atoms with van der Waals surface area (Å²) in [7, 11) is -7.56. The molecule has 0 aliphatic carbocycles. The van der Waals surface area contributed by atoms with Gasteiger partial charge in [-0.15, -0.1) is 0 Å². The molecular formula is C68H101N2O20PSi. The van der Waals surface area contributed by atoms with Crippen molar-refractivity contribution >= 4 is 51.8 Å². The molecule has 6 rings (SSSR count). The Morgan fingerprint density at radius 2 is 1.02 bits per heavy atom. The fraction of sp³-hybridized carbons (Fsp3) is 0.647. The van der Waals surface area contributed by atoms with Crippen LogP contribution < -0.4 is 10.6 Å². The van der Waals surface area contributed by atoms with E-state index >= 15 is 4.57 Å². The number of rotatable bonds is 34. The number of hydrogen-bond acceptors (Lipinski definition) is 20. The molecule has 14 atom stereocenters. The van der Waals surface area contributed by atoms with Crippen LogP contribution in [-0.2, 0) is 120 Å². The zero-order chi connectivity index (χ0) is 67.2. The molecule has 3 heterocycles. The second-order valence-corrected chi connectivity index (χ2v) is 32.0. The third kappa shape index (κ3) is 22.9. The van der Waals surface area contributed by atoms with Gasteiger partial charge in [-0.2, -0.15) is 0 Å². The fourth-order valence-electron chi connectivity index (χ4n) is 10.2. The van der Waals surface area contributed by atoms with Crippen molar-refractivity contribution in [3.05, 3.63) is 107 Å². The van der Waals surface area contributed by atoms with E-state index in [4.69, 9.17) is 60.6 Å². The van der Waals surface area contributed by atoms with Crippen LogP contribution in [0, 0.1) is 11.8 Å². The van der Waals surface area contributed by atoms with Gasteiger partial charge in [-0.25, -0.2) is 4.57 Å². The van der Waals surface area contributed by atoms with E-state index in [1.54, 1.807) is 52.0 Å². The lowest BCUT2D eigenvalue weighted by atomic mass is 9.94. The largest absolute Gasteiger partial charge is 0.475 e. The summed E-state index contributed by atoms with van der Waals surface area (Å²) >= 11 is 0. The molecule has 22 nitrogen and oxygen atoms in total. The Kier molecular flexibility index (Phi) is 30.0. The van der Waals surface area contributed by atoms with Crippen LogP contribution in [0.25, 0.3) is 0 Å². The van der Waals surface area contributed by atoms with Crippen molar-refractivity contribution in [2.75, 3.05) is 13.2 Å². The first-order valence-electron chi connectivity index (χ1n) is 32.7. The van der Waals surface area contributed by atoms with Gasteiger partial charge in [-0.3, -0.25) is 42.3 Å². The molecular weight excluding hydrogens is 1220 g/mol. The van der Waals surface area contributed by atoms with Crippen molar-refractivity contribution in [1.29, 1.82) is 0 Å². The lowest BCUT2D eigenvalue weighted by Gasteiger charge is -2.50. The molecule has 3 aliphatic heterocycles. The topological polar surface area (TPSA) is 264 Å². The van der Waals surface area contributed by atoms with Crippen LogP contribution in [0.15, 0.2) is 84.9 Å². The van der Waals surface area contributed by atoms with E-state index in [9.17, 15) is 28.8 Å². The highest BCUT2D eigenvalue weighted by Crippen LogP contribution is 2.55. The summed E-state index contributed by atoms with van der Waals surface area (Å²) < 4.78 is 99.8. The van der Waals surface area contributed by atoms with E-state index in [1.165, 1.54) is 0 Å². The lowest BCUT2D eigenvalue weighted by Crippen LogP contribution is -2.69. The summed E-state index contributed by atoms with van der Waals surface area (Å²) in [6.45, 7) is 23.7. The second kappa shape index (κ2) is 36.5. The minimum absolute atomic E-state index is 0.00201. The molecule has 0 radical (unpaired) electrons. The number of amides is 2. The van der Waals surface area contributed by atoms with Gasteiger partial charge in [0, 0.05) is 25.7 Å². The smallest absolute Gasteiger partial charge is 0.462 e. The number of benzene rings is 3. The lowest BCUT2D eigenvalue weighted by molar-refractivity contribution is -0.302. The monoisotopic (exact) mass is 1320 g/mol. The van der Waals surface area contributed by atoms with E-state index in [0.717, 1.165) is 17.5 Å². The van der Waals surface area contributed by atoms with Crippen LogP contribution in [0.3, 0.4) is 0 Å². The van der Waals surface area contributed by atoms with E-state index < -0.39 is 137 Å². The van der Waals surface area contributed by atoms with Gasteiger partial charge in [0.05, 0.1) is 52.5 Å². The predicted octanol–water partition coefficient (Wildman–Crippen LogP) is 11.4. The van der Waals surface area contributed by atoms with Gasteiger partial charge in [0.15, 0.2) is 33.1 Å². The number of fused-ring (bicyclic) bond motifs is 1. The average Bonchev–Trinajstić information content (AvgIpc) is 0.837. The summed E-state index contributed by atoms with van der Waals surface area (Å²) in [5.74, 6) is -3.66. The third-order valence-corrected chi connectivity index (χ3v) is 23.1. The van der Waals surface area contributed by atoms with Crippen molar-refractivity contribution in [1.82, 2.24) is 10.6 Å². The Morgan fingerprint density at radius 1 is 0.554 bits per heavy atom. The maximum atomic E-state index is 15.2. The first-order chi connectivity index (χ1) is 43.8. The summed E-state index contributed by atoms with van der Waals surface area (Å²) in [6, 6.07) is 23.1. The Balaban J connectivity index is 1.53. The highest BCUT2D eigenvalue weighted by Gasteiger charge is 2.57. The molecule has 512 valence electrons. The Bertz CT molecular complexity index is 2830. The number of nitrogens with one attached hydrogen (secondary N) is 2. The molecule has 3 aliphatic rings. The standard InChI is InChI=1S/C68H101N2O20PSi/c1-14-44(7)34-54(71)69-61-64(87-58(75)35-45(8)15-2)62(79-39-47-30-24-21-25-31-47)53(86-67(61)90-92(12,13)68(9,10)11)43-80-66-60(70-55(72)36-50(16-3)83-56(73)18-5)65(88-59(76)37-51(17-4)84-57(74)19-6)63(52(85-66)42-78-38-46-28-22-20-23-29-46)89-91(77)81-40-48-32-26-27-33-49(48)41-82-91/h20-33,44-45,50-53,60-67H,14-19,34-43H2,1-13H3,(H,69,71)(H,70,72)/t44-,45-,50-,51-,52?,53?,60?,61?,62+,63-,64-,65-,66-,67?/m1/s1. The number of esters is 4. The minimum Gasteiger partial charge on any atom is -0.462 e. The van der Waals surface area contributed by atoms with Gasteiger partial charge in [0.2, 0.25) is 11.8 Å². The summed E-state index contributed by atoms with van der Waals surface area (Å²) in [4.78, 5) is 83.7. The quantitative estimate of drug-likeness (QED) is 0.0243. The van der Waals surface area contributed by atoms with E-state index in [2.05, 4.69) is 31.4 Å². The van der Waals surface area contributed by atoms with Crippen molar-refractivity contribution in [3.8, 4) is 0 Å². The minimum atomic E-state index is -4.70. The normalized spacial score (nSPS) is 24.5. The summed E-state index contributed by atoms with van der Waals surface area (Å²) in [5, 5.41) is 5.74. The Labute approximate surface area is 544 Å². The molecule has 0 bridgehead atoms. The van der Waals surface area contributed by atoms with Crippen LogP contribution >= 0.6 is 7.82 Å². The molecule has 2 amide bonds. The van der Waals surface area contributed by atoms with Crippen LogP contribution in [0.5, 0.6) is 0 Å². The average molecular weight is 1330 g/mol. The highest BCUT2D eigenvalue weighted by atomic mass is 31.2. The molecule has 0 aromatic heterocycles. The second-order valence-electron chi connectivity index (χ2n) is 25.6. The molecule has 3 aromatic rings. The Morgan fingerprint density at radius 3 is 1.55 bits per heavy atom. The van der Waals surface area contributed by atoms with Crippen molar-refractivity contribution in [3.63, 3.8) is 0 Å². The zero-order valence-corrected chi connectivity index (χ0v) is 58.0. The number of ether oxygens (including phenoxy) is 9. The molecule has 3 aromatic carbocycles. The van der Waals surface area contributed by atoms with Crippen LogP contribution in [-0.4, -0.2) is 131 Å². The zero-order valence-electron chi connectivity index (χ0n) is 56.1. The van der Waals surface area contributed by atoms with Crippen LogP contribution in [0.2, 0.25) is 18.1 Å². The fourth-order valence-corrected chi connectivity index (χ4v) is 12.6. The molecule has 2 N–H and O–H groups in total. The van der Waals surface area contributed by atoms with E-state index in [1.807, 2.05) is 101 Å². The van der Waals surface area contributed by atoms with Crippen molar-refractivity contribution in [2.24, 2.45) is 11.8 Å². The van der Waals surface area contributed by atoms with E-state index in [0.29, 0.717) is 17.5 Å². The highest BCUT2D eigenvalue weighted by molar-refractivity contribution is 7.48.